The molecule has 2 aliphatic heterocycles. The number of amides is 1. The quantitative estimate of drug-likeness (QED) is 0.866. The van der Waals surface area contributed by atoms with E-state index in [0.29, 0.717) is 12.1 Å². The second kappa shape index (κ2) is 8.34. The van der Waals surface area contributed by atoms with Gasteiger partial charge in [-0.3, -0.25) is 0 Å². The molecule has 2 heterocycles. The molecule has 0 radical (unpaired) electrons. The molecule has 2 atom stereocenters. The molecule has 1 amide bonds. The fraction of sp³-hybridized carbons (Fsp3) is 0.944. The van der Waals surface area contributed by atoms with Crippen LogP contribution in [0, 0.1) is 0 Å². The maximum atomic E-state index is 12.2. The van der Waals surface area contributed by atoms with Gasteiger partial charge in [-0.1, -0.05) is 6.92 Å². The van der Waals surface area contributed by atoms with Gasteiger partial charge in [0.1, 0.15) is 5.60 Å². The van der Waals surface area contributed by atoms with Crippen molar-refractivity contribution in [3.63, 3.8) is 0 Å². The fourth-order valence-electron chi connectivity index (χ4n) is 3.58. The molecule has 2 saturated heterocycles. The Labute approximate surface area is 141 Å². The molecule has 0 aromatic heterocycles. The van der Waals surface area contributed by atoms with Crippen LogP contribution in [0.2, 0.25) is 0 Å². The predicted molar refractivity (Wildman–Crippen MR) is 93.7 cm³/mol. The molecule has 23 heavy (non-hydrogen) atoms. The third-order valence-electron chi connectivity index (χ3n) is 4.80. The molecule has 2 unspecified atom stereocenters. The van der Waals surface area contributed by atoms with Gasteiger partial charge in [0.05, 0.1) is 0 Å². The smallest absolute Gasteiger partial charge is 0.410 e. The third kappa shape index (κ3) is 6.30. The van der Waals surface area contributed by atoms with Crippen LogP contribution in [0.25, 0.3) is 0 Å². The van der Waals surface area contributed by atoms with E-state index < -0.39 is 5.60 Å². The molecule has 5 heteroatoms. The summed E-state index contributed by atoms with van der Waals surface area (Å²) in [4.78, 5) is 16.6. The Kier molecular flexibility index (Phi) is 6.72. The Morgan fingerprint density at radius 2 is 1.78 bits per heavy atom. The lowest BCUT2D eigenvalue weighted by Gasteiger charge is -2.34. The van der Waals surface area contributed by atoms with Gasteiger partial charge >= 0.3 is 6.09 Å². The molecule has 5 nitrogen and oxygen atoms in total. The minimum Gasteiger partial charge on any atom is -0.444 e. The summed E-state index contributed by atoms with van der Waals surface area (Å²) < 4.78 is 5.51. The molecule has 0 saturated carbocycles. The van der Waals surface area contributed by atoms with Crippen LogP contribution in [-0.2, 0) is 4.74 Å². The van der Waals surface area contributed by atoms with Crippen LogP contribution >= 0.6 is 0 Å². The van der Waals surface area contributed by atoms with Crippen molar-refractivity contribution in [3.05, 3.63) is 0 Å². The van der Waals surface area contributed by atoms with Crippen molar-refractivity contribution in [3.8, 4) is 0 Å². The number of ether oxygens (including phenoxy) is 1. The standard InChI is InChI=1S/C18H35N3O2/c1-5-20-11-6-9-16(14-20)19-15-8-7-12-21(13-10-15)17(22)23-18(2,3)4/h15-16,19H,5-14H2,1-4H3. The summed E-state index contributed by atoms with van der Waals surface area (Å²) in [5.74, 6) is 0. The Morgan fingerprint density at radius 1 is 1.09 bits per heavy atom. The number of piperidine rings is 1. The molecule has 0 aromatic carbocycles. The zero-order valence-electron chi connectivity index (χ0n) is 15.4. The van der Waals surface area contributed by atoms with E-state index in [1.54, 1.807) is 0 Å². The molecule has 1 N–H and O–H groups in total. The first-order valence-corrected chi connectivity index (χ1v) is 9.33. The number of nitrogens with zero attached hydrogens (tertiary/aromatic N) is 2. The van der Waals surface area contributed by atoms with Crippen molar-refractivity contribution in [2.75, 3.05) is 32.7 Å². The first-order chi connectivity index (χ1) is 10.9. The maximum absolute atomic E-state index is 12.2. The highest BCUT2D eigenvalue weighted by Crippen LogP contribution is 2.17. The molecule has 2 rings (SSSR count). The summed E-state index contributed by atoms with van der Waals surface area (Å²) in [6, 6.07) is 1.14. The summed E-state index contributed by atoms with van der Waals surface area (Å²) in [6.45, 7) is 13.2. The Bertz CT molecular complexity index is 381. The summed E-state index contributed by atoms with van der Waals surface area (Å²) in [6.07, 6.45) is 5.66. The lowest BCUT2D eigenvalue weighted by atomic mass is 10.0. The molecular formula is C18H35N3O2. The van der Waals surface area contributed by atoms with Gasteiger partial charge < -0.3 is 19.9 Å². The van der Waals surface area contributed by atoms with Crippen LogP contribution in [0.1, 0.15) is 59.8 Å². The number of likely N-dealkylation sites (tertiary alicyclic amines) is 2. The van der Waals surface area contributed by atoms with E-state index in [1.807, 2.05) is 25.7 Å². The average Bonchev–Trinajstić information content (AvgIpc) is 2.71. The Morgan fingerprint density at radius 3 is 2.48 bits per heavy atom. The monoisotopic (exact) mass is 325 g/mol. The van der Waals surface area contributed by atoms with Crippen LogP contribution in [0.3, 0.4) is 0 Å². The highest BCUT2D eigenvalue weighted by Gasteiger charge is 2.27. The van der Waals surface area contributed by atoms with Crippen LogP contribution in [0.5, 0.6) is 0 Å². The van der Waals surface area contributed by atoms with Crippen molar-refractivity contribution in [1.29, 1.82) is 0 Å². The van der Waals surface area contributed by atoms with E-state index >= 15 is 0 Å². The largest absolute Gasteiger partial charge is 0.444 e. The molecule has 2 fully saturated rings. The number of carbonyl (C=O) groups excluding carboxylic acids is 1. The van der Waals surface area contributed by atoms with Gasteiger partial charge in [0.25, 0.3) is 0 Å². The molecule has 0 spiro atoms. The van der Waals surface area contributed by atoms with Crippen LogP contribution in [0.15, 0.2) is 0 Å². The number of nitrogens with one attached hydrogen (secondary N) is 1. The lowest BCUT2D eigenvalue weighted by Crippen LogP contribution is -2.49. The molecule has 0 aromatic rings. The van der Waals surface area contributed by atoms with E-state index in [2.05, 4.69) is 17.1 Å². The average molecular weight is 325 g/mol. The highest BCUT2D eigenvalue weighted by molar-refractivity contribution is 5.68. The minimum absolute atomic E-state index is 0.159. The number of likely N-dealkylation sites (N-methyl/N-ethyl adjacent to an activating group) is 1. The van der Waals surface area contributed by atoms with Crippen molar-refractivity contribution >= 4 is 6.09 Å². The van der Waals surface area contributed by atoms with Gasteiger partial charge in [-0.15, -0.1) is 0 Å². The molecule has 0 aliphatic carbocycles. The molecule has 2 aliphatic rings. The number of hydrogen-bond donors (Lipinski definition) is 1. The first-order valence-electron chi connectivity index (χ1n) is 9.33. The van der Waals surface area contributed by atoms with Gasteiger partial charge in [0.2, 0.25) is 0 Å². The van der Waals surface area contributed by atoms with Gasteiger partial charge in [-0.2, -0.15) is 0 Å². The van der Waals surface area contributed by atoms with E-state index in [1.165, 1.54) is 25.9 Å². The summed E-state index contributed by atoms with van der Waals surface area (Å²) in [5.41, 5.74) is -0.410. The Balaban J connectivity index is 1.78. The second-order valence-electron chi connectivity index (χ2n) is 7.99. The van der Waals surface area contributed by atoms with Crippen LogP contribution in [-0.4, -0.2) is 66.3 Å². The zero-order chi connectivity index (χ0) is 16.9. The van der Waals surface area contributed by atoms with E-state index in [0.717, 1.165) is 38.9 Å². The van der Waals surface area contributed by atoms with Gasteiger partial charge in [-0.05, 0) is 66.0 Å². The third-order valence-corrected chi connectivity index (χ3v) is 4.80. The molecular weight excluding hydrogens is 290 g/mol. The number of rotatable bonds is 3. The second-order valence-corrected chi connectivity index (χ2v) is 7.99. The predicted octanol–water partition coefficient (Wildman–Crippen LogP) is 2.85. The first kappa shape index (κ1) is 18.5. The number of hydrogen-bond acceptors (Lipinski definition) is 4. The topological polar surface area (TPSA) is 44.8 Å². The van der Waals surface area contributed by atoms with Crippen LogP contribution < -0.4 is 5.32 Å². The highest BCUT2D eigenvalue weighted by atomic mass is 16.6. The van der Waals surface area contributed by atoms with Crippen LogP contribution in [0.4, 0.5) is 4.79 Å². The van der Waals surface area contributed by atoms with Gasteiger partial charge in [0, 0.05) is 31.7 Å². The number of carbonyl (C=O) groups is 1. The summed E-state index contributed by atoms with van der Waals surface area (Å²) in [5, 5.41) is 3.85. The fourth-order valence-corrected chi connectivity index (χ4v) is 3.58. The molecule has 0 bridgehead atoms. The maximum Gasteiger partial charge on any atom is 0.410 e. The summed E-state index contributed by atoms with van der Waals surface area (Å²) >= 11 is 0. The zero-order valence-corrected chi connectivity index (χ0v) is 15.4. The lowest BCUT2D eigenvalue weighted by molar-refractivity contribution is 0.0255. The van der Waals surface area contributed by atoms with Crippen molar-refractivity contribution in [2.24, 2.45) is 0 Å². The van der Waals surface area contributed by atoms with E-state index in [-0.39, 0.29) is 6.09 Å². The Hall–Kier alpha value is -0.810. The molecule has 134 valence electrons. The van der Waals surface area contributed by atoms with Gasteiger partial charge in [0.15, 0.2) is 0 Å². The SMILES string of the molecule is CCN1CCCC(NC2CCCN(C(=O)OC(C)(C)C)CC2)C1. The van der Waals surface area contributed by atoms with Crippen molar-refractivity contribution < 1.29 is 9.53 Å². The van der Waals surface area contributed by atoms with E-state index in [4.69, 9.17) is 4.74 Å². The van der Waals surface area contributed by atoms with Crippen molar-refractivity contribution in [2.45, 2.75) is 77.5 Å². The summed E-state index contributed by atoms with van der Waals surface area (Å²) in [7, 11) is 0. The normalized spacial score (nSPS) is 27.6. The minimum atomic E-state index is -0.410. The van der Waals surface area contributed by atoms with E-state index in [9.17, 15) is 4.79 Å². The van der Waals surface area contributed by atoms with Crippen molar-refractivity contribution in [1.82, 2.24) is 15.1 Å². The van der Waals surface area contributed by atoms with Gasteiger partial charge in [-0.25, -0.2) is 4.79 Å².